The lowest BCUT2D eigenvalue weighted by Gasteiger charge is -2.25. The molecule has 1 N–H and O–H groups in total. The van der Waals surface area contributed by atoms with Gasteiger partial charge in [0.25, 0.3) is 0 Å². The fraction of sp³-hybridized carbons (Fsp3) is 0.219. The molecule has 0 fully saturated rings. The van der Waals surface area contributed by atoms with Gasteiger partial charge < -0.3 is 14.6 Å². The lowest BCUT2D eigenvalue weighted by Crippen LogP contribution is -2.38. The Balaban J connectivity index is 1.35. The molecule has 0 heterocycles. The van der Waals surface area contributed by atoms with Crippen molar-refractivity contribution < 1.29 is 19.4 Å². The van der Waals surface area contributed by atoms with Gasteiger partial charge in [0.05, 0.1) is 6.54 Å². The van der Waals surface area contributed by atoms with Crippen LogP contribution in [-0.2, 0) is 13.2 Å². The molecule has 0 aliphatic rings. The van der Waals surface area contributed by atoms with Gasteiger partial charge in [-0.2, -0.15) is 0 Å². The van der Waals surface area contributed by atoms with Gasteiger partial charge in [-0.25, -0.2) is 0 Å². The van der Waals surface area contributed by atoms with Gasteiger partial charge in [-0.05, 0) is 60.0 Å². The zero-order chi connectivity index (χ0) is 25.9. The highest BCUT2D eigenvalue weighted by atomic mass is 16.5. The third-order valence-electron chi connectivity index (χ3n) is 5.94. The molecule has 0 radical (unpaired) electrons. The minimum atomic E-state index is -0.745. The largest absolute Gasteiger partial charge is 0.491 e. The fourth-order valence-corrected chi connectivity index (χ4v) is 4.05. The molecule has 0 aliphatic carbocycles. The zero-order valence-corrected chi connectivity index (χ0v) is 21.1. The van der Waals surface area contributed by atoms with Crippen LogP contribution in [0.25, 0.3) is 0 Å². The van der Waals surface area contributed by atoms with Crippen molar-refractivity contribution in [2.45, 2.75) is 26.2 Å². The smallest absolute Gasteiger partial charge is 0.176 e. The van der Waals surface area contributed by atoms with E-state index in [1.165, 1.54) is 0 Å². The molecule has 37 heavy (non-hydrogen) atoms. The summed E-state index contributed by atoms with van der Waals surface area (Å²) in [4.78, 5) is 15.1. The summed E-state index contributed by atoms with van der Waals surface area (Å²) < 4.78 is 11.6. The first-order valence-corrected chi connectivity index (χ1v) is 12.5. The van der Waals surface area contributed by atoms with E-state index in [4.69, 9.17) is 9.47 Å². The number of aryl methyl sites for hydroxylation is 1. The Hall–Kier alpha value is -3.93. The van der Waals surface area contributed by atoms with Crippen molar-refractivity contribution in [1.82, 2.24) is 4.90 Å². The van der Waals surface area contributed by atoms with Gasteiger partial charge in [0.2, 0.25) is 0 Å². The van der Waals surface area contributed by atoms with Crippen molar-refractivity contribution in [1.29, 1.82) is 0 Å². The third kappa shape index (κ3) is 8.60. The lowest BCUT2D eigenvalue weighted by atomic mass is 10.1. The minimum absolute atomic E-state index is 0.0163. The average Bonchev–Trinajstić information content (AvgIpc) is 2.92. The molecule has 1 unspecified atom stereocenters. The Morgan fingerprint density at radius 1 is 0.784 bits per heavy atom. The van der Waals surface area contributed by atoms with Crippen molar-refractivity contribution in [3.63, 3.8) is 0 Å². The monoisotopic (exact) mass is 495 g/mol. The second-order valence-electron chi connectivity index (χ2n) is 9.16. The van der Waals surface area contributed by atoms with Gasteiger partial charge >= 0.3 is 0 Å². The standard InChI is InChI=1S/C32H33NO4/c1-25-9-8-14-31(19-25)37-24-29(34)21-33(20-26-10-4-2-5-11-26)22-32(35)28-15-17-30(18-16-28)36-23-27-12-6-3-7-13-27/h2-19,29,34H,20-24H2,1H3. The Kier molecular flexibility index (Phi) is 9.47. The maximum Gasteiger partial charge on any atom is 0.176 e. The number of benzene rings is 4. The molecule has 0 aliphatic heterocycles. The zero-order valence-electron chi connectivity index (χ0n) is 21.1. The maximum atomic E-state index is 13.1. The summed E-state index contributed by atoms with van der Waals surface area (Å²) >= 11 is 0. The molecule has 5 nitrogen and oxygen atoms in total. The summed E-state index contributed by atoms with van der Waals surface area (Å²) in [5.41, 5.74) is 3.87. The van der Waals surface area contributed by atoms with E-state index in [1.54, 1.807) is 12.1 Å². The third-order valence-corrected chi connectivity index (χ3v) is 5.94. The summed E-state index contributed by atoms with van der Waals surface area (Å²) in [5.74, 6) is 1.42. The SMILES string of the molecule is Cc1cccc(OCC(O)CN(CC(=O)c2ccc(OCc3ccccc3)cc2)Cc2ccccc2)c1. The Morgan fingerprint density at radius 2 is 1.46 bits per heavy atom. The highest BCUT2D eigenvalue weighted by Gasteiger charge is 2.18. The first-order valence-electron chi connectivity index (χ1n) is 12.5. The number of hydrogen-bond acceptors (Lipinski definition) is 5. The van der Waals surface area contributed by atoms with Crippen LogP contribution in [0.4, 0.5) is 0 Å². The first kappa shape index (κ1) is 26.1. The number of carbonyl (C=O) groups is 1. The highest BCUT2D eigenvalue weighted by molar-refractivity contribution is 5.97. The predicted octanol–water partition coefficient (Wildman–Crippen LogP) is 5.70. The molecule has 0 spiro atoms. The lowest BCUT2D eigenvalue weighted by molar-refractivity contribution is 0.0611. The highest BCUT2D eigenvalue weighted by Crippen LogP contribution is 2.16. The van der Waals surface area contributed by atoms with Crippen molar-refractivity contribution in [3.8, 4) is 11.5 Å². The summed E-state index contributed by atoms with van der Waals surface area (Å²) in [5, 5.41) is 10.7. The summed E-state index contributed by atoms with van der Waals surface area (Å²) in [6.07, 6.45) is -0.745. The molecule has 4 aromatic carbocycles. The van der Waals surface area contributed by atoms with Gasteiger partial charge in [-0.1, -0.05) is 72.8 Å². The summed E-state index contributed by atoms with van der Waals surface area (Å²) in [6, 6.07) is 34.9. The molecule has 4 rings (SSSR count). The number of aliphatic hydroxyl groups excluding tert-OH is 1. The van der Waals surface area contributed by atoms with E-state index in [9.17, 15) is 9.90 Å². The molecule has 0 saturated carbocycles. The van der Waals surface area contributed by atoms with Crippen LogP contribution in [0.3, 0.4) is 0 Å². The molecule has 0 aromatic heterocycles. The molecular weight excluding hydrogens is 462 g/mol. The maximum absolute atomic E-state index is 13.1. The van der Waals surface area contributed by atoms with Gasteiger partial charge in [0, 0.05) is 18.7 Å². The predicted molar refractivity (Wildman–Crippen MR) is 146 cm³/mol. The number of ketones is 1. The molecule has 1 atom stereocenters. The second-order valence-corrected chi connectivity index (χ2v) is 9.16. The van der Waals surface area contributed by atoms with E-state index >= 15 is 0 Å². The van der Waals surface area contributed by atoms with Gasteiger partial charge in [-0.15, -0.1) is 0 Å². The van der Waals surface area contributed by atoms with E-state index in [-0.39, 0.29) is 18.9 Å². The van der Waals surface area contributed by atoms with Crippen LogP contribution in [0.1, 0.15) is 27.0 Å². The van der Waals surface area contributed by atoms with Crippen LogP contribution in [-0.4, -0.2) is 41.6 Å². The number of hydrogen-bond donors (Lipinski definition) is 1. The molecule has 0 saturated heterocycles. The number of Topliss-reactive ketones (excluding diaryl/α,β-unsaturated/α-hetero) is 1. The molecule has 0 amide bonds. The number of nitrogens with zero attached hydrogens (tertiary/aromatic N) is 1. The van der Waals surface area contributed by atoms with Gasteiger partial charge in [-0.3, -0.25) is 9.69 Å². The van der Waals surface area contributed by atoms with Crippen LogP contribution in [0, 0.1) is 6.92 Å². The van der Waals surface area contributed by atoms with E-state index in [1.807, 2.05) is 109 Å². The van der Waals surface area contributed by atoms with Crippen molar-refractivity contribution in [2.24, 2.45) is 0 Å². The van der Waals surface area contributed by atoms with E-state index in [2.05, 4.69) is 0 Å². The van der Waals surface area contributed by atoms with Crippen molar-refractivity contribution >= 4 is 5.78 Å². The fourth-order valence-electron chi connectivity index (χ4n) is 4.05. The molecule has 5 heteroatoms. The second kappa shape index (κ2) is 13.4. The van der Waals surface area contributed by atoms with Crippen LogP contribution >= 0.6 is 0 Å². The minimum Gasteiger partial charge on any atom is -0.491 e. The first-order chi connectivity index (χ1) is 18.0. The summed E-state index contributed by atoms with van der Waals surface area (Å²) in [6.45, 7) is 3.66. The van der Waals surface area contributed by atoms with E-state index in [0.717, 1.165) is 22.4 Å². The van der Waals surface area contributed by atoms with Crippen LogP contribution in [0.15, 0.2) is 109 Å². The molecule has 190 valence electrons. The van der Waals surface area contributed by atoms with Crippen molar-refractivity contribution in [3.05, 3.63) is 131 Å². The summed E-state index contributed by atoms with van der Waals surface area (Å²) in [7, 11) is 0. The molecule has 0 bridgehead atoms. The van der Waals surface area contributed by atoms with Gasteiger partial charge in [0.15, 0.2) is 5.78 Å². The number of carbonyl (C=O) groups excluding carboxylic acids is 1. The number of rotatable bonds is 13. The number of aliphatic hydroxyl groups is 1. The van der Waals surface area contributed by atoms with E-state index in [0.29, 0.717) is 31.0 Å². The Morgan fingerprint density at radius 3 is 2.14 bits per heavy atom. The molecular formula is C32H33NO4. The van der Waals surface area contributed by atoms with Gasteiger partial charge in [0.1, 0.15) is 30.8 Å². The van der Waals surface area contributed by atoms with Crippen LogP contribution in [0.2, 0.25) is 0 Å². The number of ether oxygens (including phenoxy) is 2. The molecule has 4 aromatic rings. The van der Waals surface area contributed by atoms with E-state index < -0.39 is 6.10 Å². The Labute approximate surface area is 218 Å². The van der Waals surface area contributed by atoms with Crippen molar-refractivity contribution in [2.75, 3.05) is 19.7 Å². The Bertz CT molecular complexity index is 1240. The van der Waals surface area contributed by atoms with Crippen LogP contribution < -0.4 is 9.47 Å². The van der Waals surface area contributed by atoms with Crippen LogP contribution in [0.5, 0.6) is 11.5 Å². The average molecular weight is 496 g/mol. The topological polar surface area (TPSA) is 59.0 Å². The quantitative estimate of drug-likeness (QED) is 0.241. The normalized spacial score (nSPS) is 11.8.